The number of ether oxygens (including phenoxy) is 1. The maximum absolute atomic E-state index is 12.2. The van der Waals surface area contributed by atoms with Crippen LogP contribution in [0.15, 0.2) is 41.8 Å². The van der Waals surface area contributed by atoms with Crippen LogP contribution in [0.3, 0.4) is 0 Å². The number of nitrogens with one attached hydrogen (secondary N) is 1. The van der Waals surface area contributed by atoms with E-state index < -0.39 is 5.60 Å². The quantitative estimate of drug-likeness (QED) is 0.770. The van der Waals surface area contributed by atoms with E-state index in [1.807, 2.05) is 48.7 Å². The van der Waals surface area contributed by atoms with Gasteiger partial charge >= 0.3 is 0 Å². The molecule has 0 fully saturated rings. The largest absolute Gasteiger partial charge is 0.496 e. The van der Waals surface area contributed by atoms with Crippen molar-refractivity contribution < 1.29 is 14.6 Å². The van der Waals surface area contributed by atoms with E-state index in [2.05, 4.69) is 5.32 Å². The van der Waals surface area contributed by atoms with E-state index in [1.54, 1.807) is 14.0 Å². The Morgan fingerprint density at radius 1 is 1.33 bits per heavy atom. The van der Waals surface area contributed by atoms with Crippen LogP contribution >= 0.6 is 11.3 Å². The second kappa shape index (κ2) is 8.31. The molecule has 24 heavy (non-hydrogen) atoms. The molecule has 130 valence electrons. The molecule has 4 nitrogen and oxygen atoms in total. The lowest BCUT2D eigenvalue weighted by Gasteiger charge is -2.23. The Labute approximate surface area is 147 Å². The average molecular weight is 347 g/mol. The van der Waals surface area contributed by atoms with Crippen LogP contribution in [-0.4, -0.2) is 24.7 Å². The van der Waals surface area contributed by atoms with Gasteiger partial charge in [-0.15, -0.1) is 11.3 Å². The molecule has 2 aromatic rings. The molecule has 0 bridgehead atoms. The molecule has 1 aromatic heterocycles. The number of rotatable bonds is 8. The van der Waals surface area contributed by atoms with Crippen LogP contribution in [0.5, 0.6) is 5.75 Å². The normalized spacial score (nSPS) is 14.7. The third kappa shape index (κ3) is 5.08. The summed E-state index contributed by atoms with van der Waals surface area (Å²) in [6.45, 7) is 3.98. The van der Waals surface area contributed by atoms with Gasteiger partial charge < -0.3 is 15.2 Å². The molecular formula is C19H25NO3S. The van der Waals surface area contributed by atoms with Crippen LogP contribution in [0.25, 0.3) is 0 Å². The van der Waals surface area contributed by atoms with Gasteiger partial charge in [0, 0.05) is 11.3 Å². The van der Waals surface area contributed by atoms with E-state index >= 15 is 0 Å². The predicted octanol–water partition coefficient (Wildman–Crippen LogP) is 3.35. The molecule has 2 atom stereocenters. The van der Waals surface area contributed by atoms with E-state index in [0.717, 1.165) is 22.6 Å². The summed E-state index contributed by atoms with van der Waals surface area (Å²) in [6.07, 6.45) is 1.19. The molecule has 1 heterocycles. The third-order valence-corrected chi connectivity index (χ3v) is 5.10. The van der Waals surface area contributed by atoms with Crippen molar-refractivity contribution in [1.29, 1.82) is 0 Å². The molecule has 2 unspecified atom stereocenters. The van der Waals surface area contributed by atoms with Crippen LogP contribution in [-0.2, 0) is 16.8 Å². The van der Waals surface area contributed by atoms with Crippen molar-refractivity contribution in [2.24, 2.45) is 5.92 Å². The van der Waals surface area contributed by atoms with E-state index in [-0.39, 0.29) is 18.4 Å². The zero-order valence-electron chi connectivity index (χ0n) is 14.4. The molecule has 5 heteroatoms. The number of carbonyl (C=O) groups excluding carboxylic acids is 1. The molecule has 0 spiro atoms. The number of aliphatic hydroxyl groups is 1. The molecule has 0 aliphatic rings. The molecule has 0 saturated heterocycles. The zero-order chi connectivity index (χ0) is 17.6. The van der Waals surface area contributed by atoms with Gasteiger partial charge in [0.15, 0.2) is 0 Å². The first kappa shape index (κ1) is 18.5. The van der Waals surface area contributed by atoms with Crippen LogP contribution in [0.2, 0.25) is 0 Å². The summed E-state index contributed by atoms with van der Waals surface area (Å²) in [5, 5.41) is 15.2. The van der Waals surface area contributed by atoms with Crippen molar-refractivity contribution >= 4 is 17.2 Å². The predicted molar refractivity (Wildman–Crippen MR) is 97.4 cm³/mol. The second-order valence-corrected chi connectivity index (χ2v) is 7.30. The van der Waals surface area contributed by atoms with Crippen LogP contribution in [0, 0.1) is 5.92 Å². The number of benzene rings is 1. The standard InChI is InChI=1S/C19H25NO3S/c1-14(11-15-7-4-5-8-16(15)23-3)12-18(21)20-13-19(2,22)17-9-6-10-24-17/h4-10,14,22H,11-13H2,1-3H3,(H,20,21). The maximum atomic E-state index is 12.2. The Morgan fingerprint density at radius 2 is 2.08 bits per heavy atom. The van der Waals surface area contributed by atoms with Gasteiger partial charge in [-0.25, -0.2) is 0 Å². The molecule has 0 aliphatic carbocycles. The Kier molecular flexibility index (Phi) is 6.40. The van der Waals surface area contributed by atoms with Gasteiger partial charge in [-0.05, 0) is 42.3 Å². The first-order chi connectivity index (χ1) is 11.4. The van der Waals surface area contributed by atoms with Crippen molar-refractivity contribution in [2.75, 3.05) is 13.7 Å². The van der Waals surface area contributed by atoms with Crippen molar-refractivity contribution in [3.8, 4) is 5.75 Å². The molecule has 0 aliphatic heterocycles. The zero-order valence-corrected chi connectivity index (χ0v) is 15.2. The Balaban J connectivity index is 1.83. The summed E-state index contributed by atoms with van der Waals surface area (Å²) in [7, 11) is 1.66. The molecule has 2 N–H and O–H groups in total. The third-order valence-electron chi connectivity index (χ3n) is 3.98. The summed E-state index contributed by atoms with van der Waals surface area (Å²) >= 11 is 1.49. The van der Waals surface area contributed by atoms with Gasteiger partial charge in [-0.1, -0.05) is 31.2 Å². The first-order valence-electron chi connectivity index (χ1n) is 8.07. The van der Waals surface area contributed by atoms with Gasteiger partial charge in [0.25, 0.3) is 0 Å². The first-order valence-corrected chi connectivity index (χ1v) is 8.95. The minimum atomic E-state index is -1.03. The lowest BCUT2D eigenvalue weighted by atomic mass is 9.97. The van der Waals surface area contributed by atoms with E-state index in [1.165, 1.54) is 11.3 Å². The molecule has 2 rings (SSSR count). The van der Waals surface area contributed by atoms with Crippen LogP contribution in [0.4, 0.5) is 0 Å². The number of hydrogen-bond acceptors (Lipinski definition) is 4. The highest BCUT2D eigenvalue weighted by atomic mass is 32.1. The lowest BCUT2D eigenvalue weighted by Crippen LogP contribution is -2.38. The number of para-hydroxylation sites is 1. The van der Waals surface area contributed by atoms with Gasteiger partial charge in [0.05, 0.1) is 13.7 Å². The SMILES string of the molecule is COc1ccccc1CC(C)CC(=O)NCC(C)(O)c1cccs1. The van der Waals surface area contributed by atoms with E-state index in [0.29, 0.717) is 6.42 Å². The highest BCUT2D eigenvalue weighted by molar-refractivity contribution is 7.10. The Bertz CT molecular complexity index is 652. The molecule has 0 saturated carbocycles. The second-order valence-electron chi connectivity index (χ2n) is 6.35. The van der Waals surface area contributed by atoms with E-state index in [9.17, 15) is 9.90 Å². The van der Waals surface area contributed by atoms with Crippen molar-refractivity contribution in [2.45, 2.75) is 32.3 Å². The molecule has 1 amide bonds. The smallest absolute Gasteiger partial charge is 0.220 e. The highest BCUT2D eigenvalue weighted by Crippen LogP contribution is 2.25. The fourth-order valence-corrected chi connectivity index (χ4v) is 3.44. The van der Waals surface area contributed by atoms with Crippen LogP contribution < -0.4 is 10.1 Å². The maximum Gasteiger partial charge on any atom is 0.220 e. The Hall–Kier alpha value is -1.85. The fraction of sp³-hybridized carbons (Fsp3) is 0.421. The number of amides is 1. The summed E-state index contributed by atoms with van der Waals surface area (Å²) in [5.74, 6) is 0.993. The van der Waals surface area contributed by atoms with Crippen molar-refractivity contribution in [3.63, 3.8) is 0 Å². The van der Waals surface area contributed by atoms with Gasteiger partial charge in [-0.2, -0.15) is 0 Å². The van der Waals surface area contributed by atoms with Gasteiger partial charge in [0.1, 0.15) is 11.4 Å². The molecular weight excluding hydrogens is 322 g/mol. The van der Waals surface area contributed by atoms with Gasteiger partial charge in [0.2, 0.25) is 5.91 Å². The summed E-state index contributed by atoms with van der Waals surface area (Å²) < 4.78 is 5.35. The monoisotopic (exact) mass is 347 g/mol. The summed E-state index contributed by atoms with van der Waals surface area (Å²) in [4.78, 5) is 13.0. The number of hydrogen-bond donors (Lipinski definition) is 2. The van der Waals surface area contributed by atoms with Crippen LogP contribution in [0.1, 0.15) is 30.7 Å². The minimum Gasteiger partial charge on any atom is -0.496 e. The van der Waals surface area contributed by atoms with Crippen molar-refractivity contribution in [1.82, 2.24) is 5.32 Å². The lowest BCUT2D eigenvalue weighted by molar-refractivity contribution is -0.123. The summed E-state index contributed by atoms with van der Waals surface area (Å²) in [6, 6.07) is 11.6. The molecule has 1 aromatic carbocycles. The van der Waals surface area contributed by atoms with E-state index in [4.69, 9.17) is 4.74 Å². The molecule has 0 radical (unpaired) electrons. The highest BCUT2D eigenvalue weighted by Gasteiger charge is 2.25. The Morgan fingerprint density at radius 3 is 2.75 bits per heavy atom. The van der Waals surface area contributed by atoms with Crippen molar-refractivity contribution in [3.05, 3.63) is 52.2 Å². The summed E-state index contributed by atoms with van der Waals surface area (Å²) in [5.41, 5.74) is 0.0706. The number of thiophene rings is 1. The van der Waals surface area contributed by atoms with Gasteiger partial charge in [-0.3, -0.25) is 4.79 Å². The minimum absolute atomic E-state index is 0.0470. The fourth-order valence-electron chi connectivity index (χ4n) is 2.65. The topological polar surface area (TPSA) is 58.6 Å². The number of carbonyl (C=O) groups is 1. The average Bonchev–Trinajstić information content (AvgIpc) is 3.09. The number of methoxy groups -OCH3 is 1.